The summed E-state index contributed by atoms with van der Waals surface area (Å²) in [5.74, 6) is 0. The molecule has 0 unspecified atom stereocenters. The average molecular weight is 444 g/mol. The molecule has 0 fully saturated rings. The van der Waals surface area contributed by atoms with Crippen molar-refractivity contribution in [3.05, 3.63) is 89.5 Å². The lowest BCUT2D eigenvalue weighted by Gasteiger charge is -2.22. The number of hydrogen-bond acceptors (Lipinski definition) is 2. The van der Waals surface area contributed by atoms with Crippen molar-refractivity contribution in [2.75, 3.05) is 5.32 Å². The quantitative estimate of drug-likeness (QED) is 0.277. The summed E-state index contributed by atoms with van der Waals surface area (Å²) in [6, 6.07) is 26.6. The monoisotopic (exact) mass is 443 g/mol. The topological polar surface area (TPSA) is 29.3 Å². The Bertz CT molecular complexity index is 1620. The maximum atomic E-state index is 4.15. The van der Waals surface area contributed by atoms with Crippen LogP contribution >= 0.6 is 0 Å². The van der Waals surface area contributed by atoms with Gasteiger partial charge in [-0.25, -0.2) is 0 Å². The first-order chi connectivity index (χ1) is 16.4. The maximum absolute atomic E-state index is 4.15. The van der Waals surface area contributed by atoms with Crippen LogP contribution in [0, 0.1) is 6.92 Å². The molecule has 1 aliphatic carbocycles. The molecule has 0 amide bonds. The van der Waals surface area contributed by atoms with Gasteiger partial charge >= 0.3 is 0 Å². The molecule has 1 N–H and O–H groups in total. The molecule has 1 aromatic heterocycles. The molecule has 0 atom stereocenters. The first-order valence-corrected chi connectivity index (χ1v) is 12.0. The van der Waals surface area contributed by atoms with Gasteiger partial charge in [-0.15, -0.1) is 0 Å². The zero-order chi connectivity index (χ0) is 23.6. The average Bonchev–Trinajstić information content (AvgIpc) is 3.27. The van der Waals surface area contributed by atoms with E-state index in [1.54, 1.807) is 0 Å². The Morgan fingerprint density at radius 3 is 2.15 bits per heavy atom. The van der Waals surface area contributed by atoms with Crippen LogP contribution in [0.5, 0.6) is 0 Å². The minimum atomic E-state index is -0.0129. The van der Waals surface area contributed by atoms with E-state index < -0.39 is 0 Å². The Balaban J connectivity index is 1.43. The molecule has 1 heterocycles. The number of aryl methyl sites for hydroxylation is 2. The fourth-order valence-corrected chi connectivity index (χ4v) is 5.70. The lowest BCUT2D eigenvalue weighted by atomic mass is 9.82. The number of fused-ring (bicyclic) bond motifs is 6. The fraction of sp³-hybridized carbons (Fsp3) is 0.194. The van der Waals surface area contributed by atoms with Crippen LogP contribution < -0.4 is 5.32 Å². The number of hydrogen-bond donors (Lipinski definition) is 1. The van der Waals surface area contributed by atoms with Crippen molar-refractivity contribution in [1.29, 1.82) is 0 Å². The molecular formula is C31H29N3. The van der Waals surface area contributed by atoms with Crippen molar-refractivity contribution in [2.24, 2.45) is 4.99 Å². The van der Waals surface area contributed by atoms with Crippen LogP contribution in [-0.4, -0.2) is 11.3 Å². The van der Waals surface area contributed by atoms with E-state index in [0.717, 1.165) is 23.6 Å². The summed E-state index contributed by atoms with van der Waals surface area (Å²) < 4.78 is 2.36. The Kier molecular flexibility index (Phi) is 4.47. The van der Waals surface area contributed by atoms with Crippen molar-refractivity contribution in [3.63, 3.8) is 0 Å². The van der Waals surface area contributed by atoms with E-state index in [1.165, 1.54) is 49.6 Å². The highest BCUT2D eigenvalue weighted by Gasteiger charge is 2.35. The third kappa shape index (κ3) is 2.93. The van der Waals surface area contributed by atoms with Crippen LogP contribution in [0.1, 0.15) is 37.5 Å². The van der Waals surface area contributed by atoms with E-state index in [4.69, 9.17) is 0 Å². The van der Waals surface area contributed by atoms with Crippen molar-refractivity contribution in [2.45, 2.75) is 39.7 Å². The van der Waals surface area contributed by atoms with Gasteiger partial charge in [-0.05, 0) is 91.3 Å². The summed E-state index contributed by atoms with van der Waals surface area (Å²) in [7, 11) is 0. The predicted octanol–water partition coefficient (Wildman–Crippen LogP) is 8.50. The molecule has 0 radical (unpaired) electrons. The van der Waals surface area contributed by atoms with E-state index in [1.807, 2.05) is 6.07 Å². The van der Waals surface area contributed by atoms with E-state index in [9.17, 15) is 0 Å². The first kappa shape index (κ1) is 20.7. The number of nitrogens with zero attached hydrogens (tertiary/aromatic N) is 2. The number of nitrogens with one attached hydrogen (secondary N) is 1. The van der Waals surface area contributed by atoms with Crippen molar-refractivity contribution in [3.8, 4) is 11.1 Å². The molecule has 3 nitrogen and oxygen atoms in total. The smallest absolute Gasteiger partial charge is 0.0630 e. The van der Waals surface area contributed by atoms with E-state index >= 15 is 0 Å². The molecular weight excluding hydrogens is 414 g/mol. The van der Waals surface area contributed by atoms with Gasteiger partial charge in [0.25, 0.3) is 0 Å². The third-order valence-corrected chi connectivity index (χ3v) is 7.47. The van der Waals surface area contributed by atoms with Gasteiger partial charge in [-0.1, -0.05) is 43.7 Å². The molecule has 168 valence electrons. The van der Waals surface area contributed by atoms with Crippen molar-refractivity contribution >= 4 is 45.6 Å². The van der Waals surface area contributed by atoms with Gasteiger partial charge in [0.05, 0.1) is 5.69 Å². The van der Waals surface area contributed by atoms with Gasteiger partial charge in [0.15, 0.2) is 0 Å². The van der Waals surface area contributed by atoms with Crippen LogP contribution in [-0.2, 0) is 12.0 Å². The molecule has 0 aliphatic heterocycles. The van der Waals surface area contributed by atoms with Gasteiger partial charge in [0.2, 0.25) is 0 Å². The van der Waals surface area contributed by atoms with E-state index in [0.29, 0.717) is 0 Å². The molecule has 1 aliphatic rings. The SMILES string of the molecule is C=Nc1ccc2c(c1)c1cc(Nc3ccc4c(c3)C(C)(C)c3cc(C)ccc3-4)ccc1n2CC. The number of aliphatic imine (C=N–C) groups is 1. The summed E-state index contributed by atoms with van der Waals surface area (Å²) >= 11 is 0. The Morgan fingerprint density at radius 1 is 0.794 bits per heavy atom. The van der Waals surface area contributed by atoms with Crippen LogP contribution in [0.3, 0.4) is 0 Å². The standard InChI is InChI=1S/C31H29N3/c1-6-34-29-13-9-20(32-5)16-25(29)26-17-21(10-14-30(26)34)33-22-8-12-24-23-11-7-19(2)15-27(23)31(3,4)28(24)18-22/h7-18,33H,5-6H2,1-4H3. The van der Waals surface area contributed by atoms with Gasteiger partial charge in [0, 0.05) is 45.1 Å². The van der Waals surface area contributed by atoms with Crippen LogP contribution in [0.4, 0.5) is 17.1 Å². The maximum Gasteiger partial charge on any atom is 0.0630 e. The van der Waals surface area contributed by atoms with Gasteiger partial charge in [0.1, 0.15) is 0 Å². The number of rotatable bonds is 4. The number of benzene rings is 4. The second-order valence-electron chi connectivity index (χ2n) is 9.90. The minimum Gasteiger partial charge on any atom is -0.355 e. The molecule has 0 spiro atoms. The molecule has 0 saturated carbocycles. The van der Waals surface area contributed by atoms with Crippen molar-refractivity contribution < 1.29 is 0 Å². The fourth-order valence-electron chi connectivity index (χ4n) is 5.70. The molecule has 0 bridgehead atoms. The summed E-state index contributed by atoms with van der Waals surface area (Å²) in [6.07, 6.45) is 0. The van der Waals surface area contributed by atoms with Gasteiger partial charge in [-0.3, -0.25) is 4.99 Å². The zero-order valence-corrected chi connectivity index (χ0v) is 20.2. The minimum absolute atomic E-state index is 0.0129. The summed E-state index contributed by atoms with van der Waals surface area (Å²) in [4.78, 5) is 4.15. The summed E-state index contributed by atoms with van der Waals surface area (Å²) in [5, 5.41) is 6.12. The van der Waals surface area contributed by atoms with Crippen LogP contribution in [0.15, 0.2) is 77.8 Å². The van der Waals surface area contributed by atoms with Gasteiger partial charge < -0.3 is 9.88 Å². The van der Waals surface area contributed by atoms with Gasteiger partial charge in [-0.2, -0.15) is 0 Å². The third-order valence-electron chi connectivity index (χ3n) is 7.47. The molecule has 6 rings (SSSR count). The molecule has 0 saturated heterocycles. The van der Waals surface area contributed by atoms with Crippen molar-refractivity contribution in [1.82, 2.24) is 4.57 Å². The molecule has 3 heteroatoms. The first-order valence-electron chi connectivity index (χ1n) is 12.0. The molecule has 34 heavy (non-hydrogen) atoms. The van der Waals surface area contributed by atoms with Crippen LogP contribution in [0.2, 0.25) is 0 Å². The zero-order valence-electron chi connectivity index (χ0n) is 20.2. The summed E-state index contributed by atoms with van der Waals surface area (Å²) in [5.41, 5.74) is 12.4. The molecule has 5 aromatic rings. The van der Waals surface area contributed by atoms with E-state index in [-0.39, 0.29) is 5.41 Å². The second-order valence-corrected chi connectivity index (χ2v) is 9.90. The number of anilines is 2. The highest BCUT2D eigenvalue weighted by Crippen LogP contribution is 2.49. The lowest BCUT2D eigenvalue weighted by Crippen LogP contribution is -2.15. The summed E-state index contributed by atoms with van der Waals surface area (Å²) in [6.45, 7) is 13.7. The largest absolute Gasteiger partial charge is 0.355 e. The highest BCUT2D eigenvalue weighted by molar-refractivity contribution is 6.10. The molecule has 4 aromatic carbocycles. The number of aromatic nitrogens is 1. The lowest BCUT2D eigenvalue weighted by molar-refractivity contribution is 0.660. The Labute approximate surface area is 200 Å². The van der Waals surface area contributed by atoms with Crippen LogP contribution in [0.25, 0.3) is 32.9 Å². The predicted molar refractivity (Wildman–Crippen MR) is 146 cm³/mol. The normalized spacial score (nSPS) is 13.8. The Hall–Kier alpha value is -3.85. The second kappa shape index (κ2) is 7.33. The van der Waals surface area contributed by atoms with E-state index in [2.05, 4.69) is 116 Å². The highest BCUT2D eigenvalue weighted by atomic mass is 15.0. The Morgan fingerprint density at radius 2 is 1.41 bits per heavy atom.